The molecule has 100 valence electrons. The third-order valence-electron chi connectivity index (χ3n) is 2.80. The highest BCUT2D eigenvalue weighted by Crippen LogP contribution is 2.27. The number of amides is 1. The molecule has 1 atom stereocenters. The second kappa shape index (κ2) is 6.97. The molecule has 1 saturated heterocycles. The molecular formula is C12H16BrClN2O2. The summed E-state index contributed by atoms with van der Waals surface area (Å²) in [7, 11) is 1.61. The summed E-state index contributed by atoms with van der Waals surface area (Å²) >= 11 is 3.39. The lowest BCUT2D eigenvalue weighted by molar-refractivity contribution is -0.117. The average molecular weight is 336 g/mol. The van der Waals surface area contributed by atoms with Crippen LogP contribution < -0.4 is 15.4 Å². The SMILES string of the molecule is COc1ccc(NC(=O)C2CCCN2)cc1Br.Cl. The van der Waals surface area contributed by atoms with E-state index in [1.54, 1.807) is 7.11 Å². The molecule has 0 bridgehead atoms. The maximum atomic E-state index is 11.9. The van der Waals surface area contributed by atoms with Crippen LogP contribution in [-0.2, 0) is 4.79 Å². The standard InChI is InChI=1S/C12H15BrN2O2.ClH/c1-17-11-5-4-8(7-9(11)13)15-12(16)10-3-2-6-14-10;/h4-5,7,10,14H,2-3,6H2,1H3,(H,15,16);1H. The van der Waals surface area contributed by atoms with Gasteiger partial charge in [-0.3, -0.25) is 4.79 Å². The summed E-state index contributed by atoms with van der Waals surface area (Å²) in [5, 5.41) is 6.05. The Morgan fingerprint density at radius 3 is 2.89 bits per heavy atom. The first-order valence-corrected chi connectivity index (χ1v) is 6.38. The van der Waals surface area contributed by atoms with Gasteiger partial charge in [-0.05, 0) is 53.5 Å². The maximum Gasteiger partial charge on any atom is 0.241 e. The summed E-state index contributed by atoms with van der Waals surface area (Å²) in [6.45, 7) is 0.921. The summed E-state index contributed by atoms with van der Waals surface area (Å²) in [6, 6.07) is 5.43. The average Bonchev–Trinajstić information content (AvgIpc) is 2.82. The predicted molar refractivity (Wildman–Crippen MR) is 77.6 cm³/mol. The van der Waals surface area contributed by atoms with Crippen LogP contribution >= 0.6 is 28.3 Å². The summed E-state index contributed by atoms with van der Waals surface area (Å²) in [4.78, 5) is 11.9. The number of hydrogen-bond donors (Lipinski definition) is 2. The van der Waals surface area contributed by atoms with E-state index in [4.69, 9.17) is 4.74 Å². The van der Waals surface area contributed by atoms with Crippen molar-refractivity contribution in [2.24, 2.45) is 0 Å². The van der Waals surface area contributed by atoms with Gasteiger partial charge in [-0.15, -0.1) is 12.4 Å². The molecule has 1 fully saturated rings. The normalized spacial score (nSPS) is 18.0. The molecule has 1 amide bonds. The van der Waals surface area contributed by atoms with Gasteiger partial charge in [-0.25, -0.2) is 0 Å². The number of rotatable bonds is 3. The zero-order valence-electron chi connectivity index (χ0n) is 10.0. The van der Waals surface area contributed by atoms with Crippen LogP contribution in [0.25, 0.3) is 0 Å². The largest absolute Gasteiger partial charge is 0.496 e. The Kier molecular flexibility index (Phi) is 5.91. The van der Waals surface area contributed by atoms with Crippen molar-refractivity contribution in [3.05, 3.63) is 22.7 Å². The number of hydrogen-bond acceptors (Lipinski definition) is 3. The lowest BCUT2D eigenvalue weighted by atomic mass is 10.2. The minimum absolute atomic E-state index is 0. The van der Waals surface area contributed by atoms with Crippen molar-refractivity contribution >= 4 is 39.9 Å². The van der Waals surface area contributed by atoms with Gasteiger partial charge in [0.05, 0.1) is 17.6 Å². The predicted octanol–water partition coefficient (Wildman–Crippen LogP) is 2.57. The molecule has 18 heavy (non-hydrogen) atoms. The minimum atomic E-state index is -0.0594. The molecule has 0 saturated carbocycles. The van der Waals surface area contributed by atoms with Gasteiger partial charge in [0.15, 0.2) is 0 Å². The molecule has 1 aliphatic rings. The van der Waals surface area contributed by atoms with Crippen LogP contribution in [0.15, 0.2) is 22.7 Å². The summed E-state index contributed by atoms with van der Waals surface area (Å²) in [5.74, 6) is 0.779. The Balaban J connectivity index is 0.00000162. The minimum Gasteiger partial charge on any atom is -0.496 e. The molecule has 1 unspecified atom stereocenters. The van der Waals surface area contributed by atoms with Crippen LogP contribution in [0.2, 0.25) is 0 Å². The zero-order chi connectivity index (χ0) is 12.3. The second-order valence-electron chi connectivity index (χ2n) is 3.99. The summed E-state index contributed by atoms with van der Waals surface area (Å²) in [6.07, 6.45) is 1.97. The van der Waals surface area contributed by atoms with Crippen molar-refractivity contribution in [3.8, 4) is 5.75 Å². The van der Waals surface area contributed by atoms with Crippen LogP contribution in [0, 0.1) is 0 Å². The van der Waals surface area contributed by atoms with Gasteiger partial charge in [0, 0.05) is 5.69 Å². The number of benzene rings is 1. The van der Waals surface area contributed by atoms with Crippen molar-refractivity contribution in [1.82, 2.24) is 5.32 Å². The van der Waals surface area contributed by atoms with E-state index in [1.165, 1.54) is 0 Å². The number of nitrogens with one attached hydrogen (secondary N) is 2. The number of anilines is 1. The fourth-order valence-corrected chi connectivity index (χ4v) is 2.42. The van der Waals surface area contributed by atoms with E-state index >= 15 is 0 Å². The highest BCUT2D eigenvalue weighted by atomic mass is 79.9. The van der Waals surface area contributed by atoms with Gasteiger partial charge in [-0.2, -0.15) is 0 Å². The molecule has 6 heteroatoms. The molecule has 1 aromatic rings. The molecule has 0 aromatic heterocycles. The summed E-state index contributed by atoms with van der Waals surface area (Å²) < 4.78 is 5.96. The van der Waals surface area contributed by atoms with Crippen molar-refractivity contribution in [3.63, 3.8) is 0 Å². The second-order valence-corrected chi connectivity index (χ2v) is 4.84. The van der Waals surface area contributed by atoms with Gasteiger partial charge in [0.2, 0.25) is 5.91 Å². The maximum absolute atomic E-state index is 11.9. The molecule has 0 radical (unpaired) electrons. The number of carbonyl (C=O) groups is 1. The third-order valence-corrected chi connectivity index (χ3v) is 3.42. The van der Waals surface area contributed by atoms with Crippen LogP contribution in [0.5, 0.6) is 5.75 Å². The topological polar surface area (TPSA) is 50.4 Å². The molecular weight excluding hydrogens is 320 g/mol. The number of methoxy groups -OCH3 is 1. The van der Waals surface area contributed by atoms with Crippen LogP contribution in [0.3, 0.4) is 0 Å². The van der Waals surface area contributed by atoms with Gasteiger partial charge < -0.3 is 15.4 Å². The number of halogens is 2. The molecule has 0 aliphatic carbocycles. The van der Waals surface area contributed by atoms with Gasteiger partial charge in [0.1, 0.15) is 5.75 Å². The van der Waals surface area contributed by atoms with E-state index in [1.807, 2.05) is 18.2 Å². The lowest BCUT2D eigenvalue weighted by Crippen LogP contribution is -2.35. The Hall–Kier alpha value is -0.780. The Morgan fingerprint density at radius 2 is 2.33 bits per heavy atom. The monoisotopic (exact) mass is 334 g/mol. The van der Waals surface area contributed by atoms with Crippen LogP contribution in [0.4, 0.5) is 5.69 Å². The van der Waals surface area contributed by atoms with Gasteiger partial charge in [0.25, 0.3) is 0 Å². The highest BCUT2D eigenvalue weighted by molar-refractivity contribution is 9.10. The van der Waals surface area contributed by atoms with E-state index in [0.717, 1.165) is 35.3 Å². The number of ether oxygens (including phenoxy) is 1. The van der Waals surface area contributed by atoms with E-state index in [0.29, 0.717) is 0 Å². The molecule has 2 rings (SSSR count). The fourth-order valence-electron chi connectivity index (χ4n) is 1.88. The van der Waals surface area contributed by atoms with Crippen molar-refractivity contribution < 1.29 is 9.53 Å². The Labute approximate surface area is 121 Å². The Morgan fingerprint density at radius 1 is 1.56 bits per heavy atom. The summed E-state index contributed by atoms with van der Waals surface area (Å²) in [5.41, 5.74) is 0.774. The first-order chi connectivity index (χ1) is 8.20. The molecule has 4 nitrogen and oxygen atoms in total. The highest BCUT2D eigenvalue weighted by Gasteiger charge is 2.21. The molecule has 1 heterocycles. The number of carbonyl (C=O) groups excluding carboxylic acids is 1. The molecule has 1 aromatic carbocycles. The van der Waals surface area contributed by atoms with E-state index in [2.05, 4.69) is 26.6 Å². The smallest absolute Gasteiger partial charge is 0.241 e. The molecule has 2 N–H and O–H groups in total. The first kappa shape index (κ1) is 15.3. The van der Waals surface area contributed by atoms with Crippen LogP contribution in [-0.4, -0.2) is 25.6 Å². The zero-order valence-corrected chi connectivity index (χ0v) is 12.4. The van der Waals surface area contributed by atoms with Crippen molar-refractivity contribution in [2.75, 3.05) is 19.0 Å². The van der Waals surface area contributed by atoms with Gasteiger partial charge in [-0.1, -0.05) is 0 Å². The van der Waals surface area contributed by atoms with E-state index in [-0.39, 0.29) is 24.4 Å². The third kappa shape index (κ3) is 3.60. The van der Waals surface area contributed by atoms with Crippen molar-refractivity contribution in [2.45, 2.75) is 18.9 Å². The lowest BCUT2D eigenvalue weighted by Gasteiger charge is -2.12. The Bertz CT molecular complexity index is 423. The van der Waals surface area contributed by atoms with E-state index < -0.39 is 0 Å². The van der Waals surface area contributed by atoms with Gasteiger partial charge >= 0.3 is 0 Å². The van der Waals surface area contributed by atoms with Crippen molar-refractivity contribution in [1.29, 1.82) is 0 Å². The fraction of sp³-hybridized carbons (Fsp3) is 0.417. The van der Waals surface area contributed by atoms with Crippen LogP contribution in [0.1, 0.15) is 12.8 Å². The molecule has 0 spiro atoms. The quantitative estimate of drug-likeness (QED) is 0.892. The first-order valence-electron chi connectivity index (χ1n) is 5.58. The molecule has 1 aliphatic heterocycles. The van der Waals surface area contributed by atoms with E-state index in [9.17, 15) is 4.79 Å².